The van der Waals surface area contributed by atoms with E-state index in [-0.39, 0.29) is 9.79 Å². The summed E-state index contributed by atoms with van der Waals surface area (Å²) in [6, 6.07) is 10.2. The van der Waals surface area contributed by atoms with Gasteiger partial charge in [-0.3, -0.25) is 0 Å². The minimum atomic E-state index is -4.33. The van der Waals surface area contributed by atoms with Gasteiger partial charge in [0.05, 0.1) is 23.9 Å². The molecule has 0 aromatic heterocycles. The van der Waals surface area contributed by atoms with E-state index in [2.05, 4.69) is 11.5 Å². The molecule has 10 N–H and O–H groups in total. The van der Waals surface area contributed by atoms with Crippen LogP contribution in [0.25, 0.3) is 0 Å². The molecule has 26 heavy (non-hydrogen) atoms. The van der Waals surface area contributed by atoms with E-state index in [1.807, 2.05) is 0 Å². The second-order valence-corrected chi connectivity index (χ2v) is 6.81. The Labute approximate surface area is 153 Å². The lowest BCUT2D eigenvalue weighted by atomic mass is 10.3. The van der Waals surface area contributed by atoms with Gasteiger partial charge in [0.15, 0.2) is 0 Å². The van der Waals surface area contributed by atoms with Crippen molar-refractivity contribution < 1.29 is 37.4 Å². The fourth-order valence-corrected chi connectivity index (χ4v) is 2.21. The van der Waals surface area contributed by atoms with E-state index in [4.69, 9.17) is 11.5 Å². The van der Waals surface area contributed by atoms with Gasteiger partial charge in [-0.15, -0.1) is 0 Å². The smallest absolute Gasteiger partial charge is 0.124 e. The third-order valence-electron chi connectivity index (χ3n) is 2.34. The first-order chi connectivity index (χ1) is 12.0. The number of rotatable bonds is 2. The van der Waals surface area contributed by atoms with Crippen LogP contribution in [-0.4, -0.2) is 40.0 Å². The first-order valence-corrected chi connectivity index (χ1v) is 9.86. The molecule has 0 fully saturated rings. The van der Waals surface area contributed by atoms with Crippen LogP contribution in [0, 0.1) is 0 Å². The Hall–Kier alpha value is -2.22. The molecule has 148 valence electrons. The number of anilines is 2. The van der Waals surface area contributed by atoms with Crippen LogP contribution in [0.15, 0.2) is 58.3 Å². The van der Waals surface area contributed by atoms with Crippen molar-refractivity contribution in [3.8, 4) is 0 Å². The van der Waals surface area contributed by atoms with E-state index in [1.54, 1.807) is 14.1 Å². The van der Waals surface area contributed by atoms with E-state index in [1.165, 1.54) is 48.5 Å². The fourth-order valence-electron chi connectivity index (χ4n) is 1.27. The van der Waals surface area contributed by atoms with Crippen molar-refractivity contribution in [1.82, 2.24) is 0 Å². The Kier molecular flexibility index (Phi) is 12.2. The highest BCUT2D eigenvalue weighted by Gasteiger charge is 1.98. The molecule has 0 heterocycles. The molecule has 0 amide bonds. The van der Waals surface area contributed by atoms with Crippen molar-refractivity contribution in [1.29, 1.82) is 0 Å². The molecule has 10 nitrogen and oxygen atoms in total. The molecule has 12 heteroatoms. The number of hydrogen-bond donors (Lipinski definition) is 4. The van der Waals surface area contributed by atoms with Gasteiger partial charge in [0.2, 0.25) is 0 Å². The third-order valence-corrected chi connectivity index (χ3v) is 4.04. The third kappa shape index (κ3) is 10.6. The summed E-state index contributed by atoms with van der Waals surface area (Å²) < 4.78 is 62.1. The number of nitrogens with two attached hydrogens (primary N) is 2. The van der Waals surface area contributed by atoms with Gasteiger partial charge in [-0.25, -0.2) is 16.8 Å². The van der Waals surface area contributed by atoms with Crippen LogP contribution in [0.3, 0.4) is 0 Å². The second-order valence-electron chi connectivity index (χ2n) is 4.05. The Morgan fingerprint density at radius 1 is 0.615 bits per heavy atom. The van der Waals surface area contributed by atoms with Crippen molar-refractivity contribution >= 4 is 31.6 Å². The Balaban J connectivity index is 0. The summed E-state index contributed by atoms with van der Waals surface area (Å²) in [5.74, 6) is 0. The molecule has 0 saturated carbocycles. The molecule has 0 bridgehead atoms. The van der Waals surface area contributed by atoms with Gasteiger partial charge < -0.3 is 32.0 Å². The van der Waals surface area contributed by atoms with Gasteiger partial charge in [-0.1, -0.05) is 0 Å². The zero-order valence-corrected chi connectivity index (χ0v) is 16.1. The molecule has 2 aromatic carbocycles. The van der Waals surface area contributed by atoms with Crippen LogP contribution in [0.2, 0.25) is 0 Å². The van der Waals surface area contributed by atoms with Gasteiger partial charge in [0, 0.05) is 11.4 Å². The predicted molar refractivity (Wildman–Crippen MR) is 95.3 cm³/mol. The highest BCUT2D eigenvalue weighted by atomic mass is 32.2. The Morgan fingerprint density at radius 2 is 0.808 bits per heavy atom. The summed E-state index contributed by atoms with van der Waals surface area (Å²) in [4.78, 5) is -0.515. The summed E-state index contributed by atoms with van der Waals surface area (Å²) in [5.41, 5.74) is 17.9. The SMILES string of the molecule is C[NH3+].C[NH3+].Nc1ccc(S(=O)(=O)[O-])cc1.Nc1ccc(S(=O)(=O)[O-])cc1. The van der Waals surface area contributed by atoms with Gasteiger partial charge in [0.25, 0.3) is 0 Å². The number of nitrogen functional groups attached to an aromatic ring is 2. The number of benzene rings is 2. The minimum Gasteiger partial charge on any atom is -0.744 e. The minimum absolute atomic E-state index is 0.258. The molecule has 0 atom stereocenters. The maximum absolute atomic E-state index is 10.3. The molecule has 2 aromatic rings. The van der Waals surface area contributed by atoms with E-state index < -0.39 is 20.2 Å². The molecule has 0 aliphatic rings. The molecule has 0 unspecified atom stereocenters. The van der Waals surface area contributed by atoms with Gasteiger partial charge in [-0.05, 0) is 48.5 Å². The largest absolute Gasteiger partial charge is 0.744 e. The molecular weight excluding hydrogens is 384 g/mol. The first kappa shape index (κ1) is 26.0. The van der Waals surface area contributed by atoms with Crippen LogP contribution >= 0.6 is 0 Å². The second kappa shape index (κ2) is 12.2. The molecule has 0 spiro atoms. The zero-order chi connectivity index (χ0) is 21.0. The fraction of sp³-hybridized carbons (Fsp3) is 0.143. The predicted octanol–water partition coefficient (Wildman–Crippen LogP) is -1.94. The Morgan fingerprint density at radius 3 is 0.962 bits per heavy atom. The van der Waals surface area contributed by atoms with Crippen molar-refractivity contribution in [2.45, 2.75) is 9.79 Å². The molecular formula is C14H24N4O6S2. The molecule has 0 aliphatic heterocycles. The normalized spacial score (nSPS) is 10.1. The molecule has 0 saturated heterocycles. The lowest BCUT2D eigenvalue weighted by Crippen LogP contribution is -2.40. The van der Waals surface area contributed by atoms with Crippen molar-refractivity contribution in [2.75, 3.05) is 25.6 Å². The summed E-state index contributed by atoms with van der Waals surface area (Å²) >= 11 is 0. The van der Waals surface area contributed by atoms with Crippen LogP contribution in [0.5, 0.6) is 0 Å². The van der Waals surface area contributed by atoms with Crippen molar-refractivity contribution in [3.05, 3.63) is 48.5 Å². The summed E-state index contributed by atoms with van der Waals surface area (Å²) in [7, 11) is -5.15. The van der Waals surface area contributed by atoms with Gasteiger partial charge in [-0.2, -0.15) is 0 Å². The highest BCUT2D eigenvalue weighted by Crippen LogP contribution is 2.10. The standard InChI is InChI=1S/2C6H7NO3S.2CH5N/c2*7-5-1-3-6(4-2-5)11(8,9)10;2*1-2/h2*1-4H,7H2,(H,8,9,10);2*2H2,1H3. The lowest BCUT2D eigenvalue weighted by molar-refractivity contribution is -0.325. The molecule has 2 rings (SSSR count). The van der Waals surface area contributed by atoms with Gasteiger partial charge in [0.1, 0.15) is 20.2 Å². The number of hydrogen-bond acceptors (Lipinski definition) is 8. The highest BCUT2D eigenvalue weighted by molar-refractivity contribution is 7.86. The quantitative estimate of drug-likeness (QED) is 0.322. The summed E-state index contributed by atoms with van der Waals surface area (Å²) in [5, 5.41) is 0. The van der Waals surface area contributed by atoms with E-state index in [0.29, 0.717) is 11.4 Å². The topological polar surface area (TPSA) is 222 Å². The zero-order valence-electron chi connectivity index (χ0n) is 14.5. The maximum atomic E-state index is 10.3. The molecule has 0 radical (unpaired) electrons. The van der Waals surface area contributed by atoms with E-state index in [9.17, 15) is 25.9 Å². The van der Waals surface area contributed by atoms with Crippen molar-refractivity contribution in [2.24, 2.45) is 0 Å². The summed E-state index contributed by atoms with van der Waals surface area (Å²) in [6.07, 6.45) is 0. The monoisotopic (exact) mass is 408 g/mol. The first-order valence-electron chi connectivity index (χ1n) is 7.04. The van der Waals surface area contributed by atoms with Crippen LogP contribution in [0.1, 0.15) is 0 Å². The summed E-state index contributed by atoms with van der Waals surface area (Å²) in [6.45, 7) is 0. The van der Waals surface area contributed by atoms with Crippen LogP contribution < -0.4 is 22.9 Å². The average Bonchev–Trinajstić information content (AvgIpc) is 2.58. The Bertz CT molecular complexity index is 763. The maximum Gasteiger partial charge on any atom is 0.124 e. The van der Waals surface area contributed by atoms with Gasteiger partial charge >= 0.3 is 0 Å². The van der Waals surface area contributed by atoms with Crippen molar-refractivity contribution in [3.63, 3.8) is 0 Å². The van der Waals surface area contributed by atoms with E-state index >= 15 is 0 Å². The van der Waals surface area contributed by atoms with Crippen LogP contribution in [-0.2, 0) is 20.2 Å². The molecule has 0 aliphatic carbocycles. The van der Waals surface area contributed by atoms with E-state index in [0.717, 1.165) is 0 Å². The van der Waals surface area contributed by atoms with Crippen LogP contribution in [0.4, 0.5) is 11.4 Å². The lowest BCUT2D eigenvalue weighted by Gasteiger charge is -2.05. The average molecular weight is 409 g/mol. The number of quaternary nitrogens is 2.